The Labute approximate surface area is 115 Å². The number of esters is 1. The molecule has 0 amide bonds. The summed E-state index contributed by atoms with van der Waals surface area (Å²) in [5.74, 6) is 1.17. The predicted octanol–water partition coefficient (Wildman–Crippen LogP) is 2.47. The first-order valence-electron chi connectivity index (χ1n) is 6.52. The van der Waals surface area contributed by atoms with E-state index in [1.54, 1.807) is 7.11 Å². The molecule has 4 heteroatoms. The Kier molecular flexibility index (Phi) is 6.36. The van der Waals surface area contributed by atoms with Gasteiger partial charge in [-0.2, -0.15) is 0 Å². The van der Waals surface area contributed by atoms with Crippen LogP contribution < -0.4 is 10.1 Å². The van der Waals surface area contributed by atoms with E-state index < -0.39 is 0 Å². The van der Waals surface area contributed by atoms with Gasteiger partial charge < -0.3 is 14.8 Å². The van der Waals surface area contributed by atoms with Crippen LogP contribution in [0.4, 0.5) is 0 Å². The van der Waals surface area contributed by atoms with Crippen LogP contribution in [0.5, 0.6) is 5.75 Å². The summed E-state index contributed by atoms with van der Waals surface area (Å²) < 4.78 is 9.99. The summed E-state index contributed by atoms with van der Waals surface area (Å²) in [6, 6.07) is 6.26. The number of hydrogen-bond acceptors (Lipinski definition) is 4. The predicted molar refractivity (Wildman–Crippen MR) is 75.4 cm³/mol. The lowest BCUT2D eigenvalue weighted by atomic mass is 10.0. The Morgan fingerprint density at radius 3 is 2.63 bits per heavy atom. The number of carbonyl (C=O) groups excluding carboxylic acids is 1. The van der Waals surface area contributed by atoms with Crippen molar-refractivity contribution in [2.45, 2.75) is 32.7 Å². The van der Waals surface area contributed by atoms with E-state index in [4.69, 9.17) is 4.74 Å². The van der Waals surface area contributed by atoms with Crippen molar-refractivity contribution in [2.75, 3.05) is 20.8 Å². The maximum Gasteiger partial charge on any atom is 0.306 e. The first kappa shape index (κ1) is 15.5. The van der Waals surface area contributed by atoms with Crippen LogP contribution in [-0.4, -0.2) is 26.7 Å². The van der Waals surface area contributed by atoms with Crippen LogP contribution in [0.1, 0.15) is 37.3 Å². The van der Waals surface area contributed by atoms with E-state index in [0.29, 0.717) is 25.4 Å². The number of methoxy groups -OCH3 is 2. The number of hydrogen-bond donors (Lipinski definition) is 1. The molecule has 0 spiro atoms. The fraction of sp³-hybridized carbons (Fsp3) is 0.533. The molecule has 1 rings (SSSR count). The summed E-state index contributed by atoms with van der Waals surface area (Å²) in [6.07, 6.45) is 0.378. The normalized spacial score (nSPS) is 10.6. The Hall–Kier alpha value is -1.55. The second-order valence-corrected chi connectivity index (χ2v) is 4.73. The highest BCUT2D eigenvalue weighted by Crippen LogP contribution is 2.24. The molecule has 1 N–H and O–H groups in total. The third-order valence-electron chi connectivity index (χ3n) is 3.03. The van der Waals surface area contributed by atoms with Crippen molar-refractivity contribution >= 4 is 5.97 Å². The van der Waals surface area contributed by atoms with Gasteiger partial charge in [-0.3, -0.25) is 4.79 Å². The van der Waals surface area contributed by atoms with E-state index in [2.05, 4.69) is 42.1 Å². The summed E-state index contributed by atoms with van der Waals surface area (Å²) in [5.41, 5.74) is 2.35. The second-order valence-electron chi connectivity index (χ2n) is 4.73. The molecule has 0 saturated heterocycles. The summed E-state index contributed by atoms with van der Waals surface area (Å²) >= 11 is 0. The number of carbonyl (C=O) groups is 1. The van der Waals surface area contributed by atoms with Crippen LogP contribution in [0.2, 0.25) is 0 Å². The lowest BCUT2D eigenvalue weighted by Gasteiger charge is -2.13. The van der Waals surface area contributed by atoms with Crippen molar-refractivity contribution in [1.29, 1.82) is 0 Å². The molecular formula is C15H23NO3. The molecule has 0 aliphatic rings. The minimum absolute atomic E-state index is 0.199. The Morgan fingerprint density at radius 2 is 2.05 bits per heavy atom. The van der Waals surface area contributed by atoms with Gasteiger partial charge in [0.15, 0.2) is 0 Å². The zero-order chi connectivity index (χ0) is 14.3. The smallest absolute Gasteiger partial charge is 0.306 e. The van der Waals surface area contributed by atoms with Gasteiger partial charge in [-0.05, 0) is 17.5 Å². The summed E-state index contributed by atoms with van der Waals surface area (Å²) in [4.78, 5) is 11.0. The van der Waals surface area contributed by atoms with E-state index in [9.17, 15) is 4.79 Å². The molecule has 1 aromatic rings. The number of rotatable bonds is 7. The van der Waals surface area contributed by atoms with Gasteiger partial charge in [0.05, 0.1) is 20.6 Å². The van der Waals surface area contributed by atoms with Crippen LogP contribution in [0.3, 0.4) is 0 Å². The molecule has 1 aromatic carbocycles. The van der Waals surface area contributed by atoms with Crippen molar-refractivity contribution in [3.63, 3.8) is 0 Å². The van der Waals surface area contributed by atoms with Gasteiger partial charge >= 0.3 is 5.97 Å². The molecule has 4 nitrogen and oxygen atoms in total. The third kappa shape index (κ3) is 4.91. The fourth-order valence-electron chi connectivity index (χ4n) is 1.78. The molecule has 0 bridgehead atoms. The minimum Gasteiger partial charge on any atom is -0.496 e. The summed E-state index contributed by atoms with van der Waals surface area (Å²) in [6.45, 7) is 5.59. The molecule has 19 heavy (non-hydrogen) atoms. The molecule has 106 valence electrons. The summed E-state index contributed by atoms with van der Waals surface area (Å²) in [5, 5.41) is 3.21. The van der Waals surface area contributed by atoms with Crippen molar-refractivity contribution in [3.8, 4) is 5.75 Å². The lowest BCUT2D eigenvalue weighted by molar-refractivity contribution is -0.140. The minimum atomic E-state index is -0.199. The number of nitrogens with one attached hydrogen (secondary N) is 1. The Morgan fingerprint density at radius 1 is 1.32 bits per heavy atom. The SMILES string of the molecule is COC(=O)CCNCc1ccc(C(C)C)cc1OC. The van der Waals surface area contributed by atoms with E-state index in [-0.39, 0.29) is 5.97 Å². The van der Waals surface area contributed by atoms with Crippen molar-refractivity contribution in [1.82, 2.24) is 5.32 Å². The second kappa shape index (κ2) is 7.79. The first-order chi connectivity index (χ1) is 9.08. The van der Waals surface area contributed by atoms with Gasteiger partial charge in [0.2, 0.25) is 0 Å². The average molecular weight is 265 g/mol. The lowest BCUT2D eigenvalue weighted by Crippen LogP contribution is -2.18. The number of benzene rings is 1. The molecule has 0 aliphatic carbocycles. The average Bonchev–Trinajstić information content (AvgIpc) is 2.42. The van der Waals surface area contributed by atoms with Gasteiger partial charge in [-0.15, -0.1) is 0 Å². The molecular weight excluding hydrogens is 242 g/mol. The zero-order valence-corrected chi connectivity index (χ0v) is 12.2. The standard InChI is InChI=1S/C15H23NO3/c1-11(2)12-5-6-13(14(9-12)18-3)10-16-8-7-15(17)19-4/h5-6,9,11,16H,7-8,10H2,1-4H3. The van der Waals surface area contributed by atoms with Gasteiger partial charge in [-0.1, -0.05) is 26.0 Å². The quantitative estimate of drug-likeness (QED) is 0.608. The molecule has 0 saturated carbocycles. The third-order valence-corrected chi connectivity index (χ3v) is 3.03. The van der Waals surface area contributed by atoms with E-state index in [1.165, 1.54) is 12.7 Å². The molecule has 0 aliphatic heterocycles. The molecule has 0 atom stereocenters. The zero-order valence-electron chi connectivity index (χ0n) is 12.2. The van der Waals surface area contributed by atoms with Gasteiger partial charge in [0, 0.05) is 18.7 Å². The molecule has 0 fully saturated rings. The van der Waals surface area contributed by atoms with E-state index in [1.807, 2.05) is 0 Å². The fourth-order valence-corrected chi connectivity index (χ4v) is 1.78. The Balaban J connectivity index is 2.56. The van der Waals surface area contributed by atoms with Crippen molar-refractivity contribution in [3.05, 3.63) is 29.3 Å². The van der Waals surface area contributed by atoms with Crippen LogP contribution in [0.15, 0.2) is 18.2 Å². The maximum absolute atomic E-state index is 11.0. The highest BCUT2D eigenvalue weighted by atomic mass is 16.5. The number of ether oxygens (including phenoxy) is 2. The van der Waals surface area contributed by atoms with E-state index in [0.717, 1.165) is 11.3 Å². The maximum atomic E-state index is 11.0. The van der Waals surface area contributed by atoms with Crippen LogP contribution >= 0.6 is 0 Å². The van der Waals surface area contributed by atoms with Crippen LogP contribution in [-0.2, 0) is 16.1 Å². The van der Waals surface area contributed by atoms with Crippen LogP contribution in [0, 0.1) is 0 Å². The van der Waals surface area contributed by atoms with Gasteiger partial charge in [0.25, 0.3) is 0 Å². The van der Waals surface area contributed by atoms with Gasteiger partial charge in [0.1, 0.15) is 5.75 Å². The topological polar surface area (TPSA) is 47.6 Å². The Bertz CT molecular complexity index is 416. The summed E-state index contributed by atoms with van der Waals surface area (Å²) in [7, 11) is 3.08. The monoisotopic (exact) mass is 265 g/mol. The van der Waals surface area contributed by atoms with E-state index >= 15 is 0 Å². The largest absolute Gasteiger partial charge is 0.496 e. The molecule has 0 radical (unpaired) electrons. The molecule has 0 unspecified atom stereocenters. The van der Waals surface area contributed by atoms with Crippen LogP contribution in [0.25, 0.3) is 0 Å². The highest BCUT2D eigenvalue weighted by molar-refractivity contribution is 5.69. The highest BCUT2D eigenvalue weighted by Gasteiger charge is 2.07. The van der Waals surface area contributed by atoms with Crippen molar-refractivity contribution in [2.24, 2.45) is 0 Å². The first-order valence-corrected chi connectivity index (χ1v) is 6.52. The molecule has 0 heterocycles. The molecule has 0 aromatic heterocycles. The van der Waals surface area contributed by atoms with Crippen molar-refractivity contribution < 1.29 is 14.3 Å². The van der Waals surface area contributed by atoms with Gasteiger partial charge in [-0.25, -0.2) is 0 Å².